The zero-order valence-electron chi connectivity index (χ0n) is 12.4. The maximum Gasteiger partial charge on any atom is 0.284 e. The number of carbonyl (C=O) groups excluding carboxylic acids is 2. The van der Waals surface area contributed by atoms with Gasteiger partial charge >= 0.3 is 0 Å². The number of benzene rings is 2. The third-order valence-corrected chi connectivity index (χ3v) is 5.70. The first-order valence-corrected chi connectivity index (χ1v) is 7.76. The van der Waals surface area contributed by atoms with Crippen LogP contribution in [0.25, 0.3) is 0 Å². The van der Waals surface area contributed by atoms with E-state index in [9.17, 15) is 19.7 Å². The molecule has 4 aliphatic rings. The maximum absolute atomic E-state index is 12.5. The molecule has 24 heavy (non-hydrogen) atoms. The van der Waals surface area contributed by atoms with E-state index in [2.05, 4.69) is 5.32 Å². The zero-order chi connectivity index (χ0) is 16.6. The highest BCUT2D eigenvalue weighted by atomic mass is 16.6. The number of imide groups is 1. The molecule has 0 saturated carbocycles. The van der Waals surface area contributed by atoms with Crippen molar-refractivity contribution in [2.24, 2.45) is 11.8 Å². The highest BCUT2D eigenvalue weighted by Gasteiger charge is 2.73. The van der Waals surface area contributed by atoms with Crippen LogP contribution in [0.4, 0.5) is 0 Å². The Kier molecular flexibility index (Phi) is 2.28. The van der Waals surface area contributed by atoms with Crippen LogP contribution in [0.1, 0.15) is 28.2 Å². The van der Waals surface area contributed by atoms with Gasteiger partial charge in [0.2, 0.25) is 11.8 Å². The van der Waals surface area contributed by atoms with Crippen molar-refractivity contribution in [3.05, 3.63) is 80.9 Å². The van der Waals surface area contributed by atoms with Crippen molar-refractivity contribution < 1.29 is 14.5 Å². The molecule has 0 spiro atoms. The number of nitrogens with one attached hydrogen (secondary N) is 1. The standard InChI is InChI=1S/C18H12N2O4/c21-16-14-13-9-5-1-3-7-11(9)18(20(23)24,15(14)17(22)19-16)12-8-4-2-6-10(12)13/h1-8,13-15H,(H,19,21,22)/t13?,14-,15+,18?/m0/s1. The Morgan fingerprint density at radius 1 is 0.917 bits per heavy atom. The molecule has 2 bridgehead atoms. The molecule has 1 fully saturated rings. The van der Waals surface area contributed by atoms with Gasteiger partial charge in [0, 0.05) is 22.0 Å². The van der Waals surface area contributed by atoms with Gasteiger partial charge in [0.25, 0.3) is 5.54 Å². The molecule has 0 unspecified atom stereocenters. The minimum atomic E-state index is -1.71. The summed E-state index contributed by atoms with van der Waals surface area (Å²) in [5, 5.41) is 14.7. The molecule has 6 rings (SSSR count). The molecule has 0 radical (unpaired) electrons. The molecule has 1 N–H and O–H groups in total. The van der Waals surface area contributed by atoms with Crippen LogP contribution in [0, 0.1) is 22.0 Å². The SMILES string of the molecule is O=C1NC(=O)[C@H]2[C@@H]1C1c3ccccc3C2([N+](=O)[O-])c2ccccc21. The van der Waals surface area contributed by atoms with E-state index in [0.29, 0.717) is 11.1 Å². The molecule has 2 aromatic carbocycles. The number of amides is 2. The molecule has 6 nitrogen and oxygen atoms in total. The Bertz CT molecular complexity index is 904. The Balaban J connectivity index is 1.99. The number of nitrogens with zero attached hydrogens (tertiary/aromatic N) is 1. The van der Waals surface area contributed by atoms with Gasteiger partial charge in [-0.25, -0.2) is 0 Å². The van der Waals surface area contributed by atoms with Crippen LogP contribution in [0.15, 0.2) is 48.5 Å². The van der Waals surface area contributed by atoms with Crippen LogP contribution in [-0.4, -0.2) is 16.7 Å². The van der Waals surface area contributed by atoms with E-state index in [0.717, 1.165) is 11.1 Å². The molecular weight excluding hydrogens is 308 g/mol. The molecule has 2 aromatic rings. The van der Waals surface area contributed by atoms with Crippen LogP contribution in [-0.2, 0) is 15.1 Å². The number of hydrogen-bond acceptors (Lipinski definition) is 4. The molecule has 2 atom stereocenters. The third kappa shape index (κ3) is 1.22. The molecule has 0 aromatic heterocycles. The Morgan fingerprint density at radius 2 is 1.46 bits per heavy atom. The first-order valence-electron chi connectivity index (χ1n) is 7.76. The van der Waals surface area contributed by atoms with E-state index >= 15 is 0 Å². The Morgan fingerprint density at radius 3 is 2.00 bits per heavy atom. The monoisotopic (exact) mass is 320 g/mol. The molecular formula is C18H12N2O4. The van der Waals surface area contributed by atoms with E-state index in [1.54, 1.807) is 24.3 Å². The summed E-state index contributed by atoms with van der Waals surface area (Å²) in [6, 6.07) is 14.2. The molecule has 2 amide bonds. The number of nitro groups is 1. The molecule has 1 heterocycles. The van der Waals surface area contributed by atoms with Crippen LogP contribution >= 0.6 is 0 Å². The highest BCUT2D eigenvalue weighted by molar-refractivity contribution is 6.08. The van der Waals surface area contributed by atoms with E-state index in [4.69, 9.17) is 0 Å². The molecule has 1 aliphatic heterocycles. The molecule has 3 aliphatic carbocycles. The second-order valence-electron chi connectivity index (χ2n) is 6.53. The van der Waals surface area contributed by atoms with Gasteiger partial charge in [-0.2, -0.15) is 0 Å². The van der Waals surface area contributed by atoms with Gasteiger partial charge in [-0.3, -0.25) is 25.0 Å². The van der Waals surface area contributed by atoms with Crippen molar-refractivity contribution in [3.63, 3.8) is 0 Å². The molecule has 6 heteroatoms. The fourth-order valence-corrected chi connectivity index (χ4v) is 4.97. The van der Waals surface area contributed by atoms with E-state index in [1.807, 2.05) is 24.3 Å². The van der Waals surface area contributed by atoms with Gasteiger partial charge in [0.15, 0.2) is 0 Å². The lowest BCUT2D eigenvalue weighted by Gasteiger charge is -2.48. The average Bonchev–Trinajstić information content (AvgIpc) is 2.90. The van der Waals surface area contributed by atoms with Gasteiger partial charge in [-0.05, 0) is 11.1 Å². The van der Waals surface area contributed by atoms with E-state index in [1.165, 1.54) is 0 Å². The smallest absolute Gasteiger partial charge is 0.284 e. The minimum Gasteiger partial charge on any atom is -0.296 e. The van der Waals surface area contributed by atoms with Crippen LogP contribution in [0.5, 0.6) is 0 Å². The predicted octanol–water partition coefficient (Wildman–Crippen LogP) is 1.55. The minimum absolute atomic E-state index is 0.323. The number of rotatable bonds is 1. The van der Waals surface area contributed by atoms with Crippen LogP contribution < -0.4 is 5.32 Å². The van der Waals surface area contributed by atoms with Crippen molar-refractivity contribution in [1.29, 1.82) is 0 Å². The van der Waals surface area contributed by atoms with Gasteiger partial charge in [-0.1, -0.05) is 48.5 Å². The van der Waals surface area contributed by atoms with Crippen LogP contribution in [0.2, 0.25) is 0 Å². The summed E-state index contributed by atoms with van der Waals surface area (Å²) in [6.45, 7) is 0. The zero-order valence-corrected chi connectivity index (χ0v) is 12.4. The van der Waals surface area contributed by atoms with Gasteiger partial charge in [-0.15, -0.1) is 0 Å². The average molecular weight is 320 g/mol. The van der Waals surface area contributed by atoms with Gasteiger partial charge in [0.1, 0.15) is 5.92 Å². The van der Waals surface area contributed by atoms with Gasteiger partial charge < -0.3 is 0 Å². The second kappa shape index (κ2) is 4.08. The van der Waals surface area contributed by atoms with Crippen molar-refractivity contribution >= 4 is 11.8 Å². The van der Waals surface area contributed by atoms with Crippen molar-refractivity contribution in [2.75, 3.05) is 0 Å². The summed E-state index contributed by atoms with van der Waals surface area (Å²) in [7, 11) is 0. The largest absolute Gasteiger partial charge is 0.296 e. The normalized spacial score (nSPS) is 31.9. The summed E-state index contributed by atoms with van der Waals surface area (Å²) in [6.07, 6.45) is 0. The van der Waals surface area contributed by atoms with Crippen molar-refractivity contribution in [2.45, 2.75) is 11.5 Å². The summed E-state index contributed by atoms with van der Waals surface area (Å²) in [5.41, 5.74) is 0.913. The highest BCUT2D eigenvalue weighted by Crippen LogP contribution is 2.62. The molecule has 1 saturated heterocycles. The lowest BCUT2D eigenvalue weighted by Crippen LogP contribution is -2.57. The van der Waals surface area contributed by atoms with Crippen LogP contribution in [0.3, 0.4) is 0 Å². The van der Waals surface area contributed by atoms with E-state index < -0.39 is 29.2 Å². The fraction of sp³-hybridized carbons (Fsp3) is 0.222. The van der Waals surface area contributed by atoms with Gasteiger partial charge in [0.05, 0.1) is 5.92 Å². The summed E-state index contributed by atoms with van der Waals surface area (Å²) in [5.74, 6) is -3.01. The maximum atomic E-state index is 12.5. The first kappa shape index (κ1) is 13.4. The Hall–Kier alpha value is -3.02. The fourth-order valence-electron chi connectivity index (χ4n) is 4.97. The summed E-state index contributed by atoms with van der Waals surface area (Å²) >= 11 is 0. The molecule has 118 valence electrons. The van der Waals surface area contributed by atoms with E-state index in [-0.39, 0.29) is 10.8 Å². The van der Waals surface area contributed by atoms with Crippen molar-refractivity contribution in [1.82, 2.24) is 5.32 Å². The summed E-state index contributed by atoms with van der Waals surface area (Å²) < 4.78 is 0. The lowest BCUT2D eigenvalue weighted by molar-refractivity contribution is -0.578. The topological polar surface area (TPSA) is 89.3 Å². The number of hydrogen-bond donors (Lipinski definition) is 1. The third-order valence-electron chi connectivity index (χ3n) is 5.70. The second-order valence-corrected chi connectivity index (χ2v) is 6.53. The predicted molar refractivity (Wildman–Crippen MR) is 82.6 cm³/mol. The summed E-state index contributed by atoms with van der Waals surface area (Å²) in [4.78, 5) is 36.9. The first-order chi connectivity index (χ1) is 11.6. The lowest BCUT2D eigenvalue weighted by atomic mass is 9.51. The quantitative estimate of drug-likeness (QED) is 0.490. The number of carbonyl (C=O) groups is 2. The van der Waals surface area contributed by atoms with Crippen molar-refractivity contribution in [3.8, 4) is 0 Å². The Labute approximate surface area is 136 Å².